The molecule has 2 aromatic heterocycles. The predicted molar refractivity (Wildman–Crippen MR) is 87.7 cm³/mol. The predicted octanol–water partition coefficient (Wildman–Crippen LogP) is 4.01. The molecule has 0 saturated heterocycles. The number of hydrogen-bond acceptors (Lipinski definition) is 3. The quantitative estimate of drug-likeness (QED) is 0.763. The Balaban J connectivity index is 2.41. The molecule has 4 heteroatoms. The lowest BCUT2D eigenvalue weighted by Crippen LogP contribution is -1.96. The number of benzene rings is 1. The van der Waals surface area contributed by atoms with Crippen LogP contribution in [-0.4, -0.2) is 14.7 Å². The molecule has 110 valence electrons. The van der Waals surface area contributed by atoms with Crippen molar-refractivity contribution in [2.45, 2.75) is 39.7 Å². The van der Waals surface area contributed by atoms with E-state index in [0.29, 0.717) is 17.0 Å². The summed E-state index contributed by atoms with van der Waals surface area (Å²) in [6.07, 6.45) is 2.84. The molecule has 0 fully saturated rings. The van der Waals surface area contributed by atoms with E-state index in [4.69, 9.17) is 10.7 Å². The van der Waals surface area contributed by atoms with Gasteiger partial charge in [0.05, 0.1) is 22.1 Å². The van der Waals surface area contributed by atoms with Gasteiger partial charge in [-0.05, 0) is 17.9 Å². The van der Waals surface area contributed by atoms with Gasteiger partial charge in [0.1, 0.15) is 0 Å². The Labute approximate surface area is 124 Å². The molecule has 0 amide bonds. The first-order valence-corrected chi connectivity index (χ1v) is 7.44. The molecule has 3 N–H and O–H groups in total. The van der Waals surface area contributed by atoms with Gasteiger partial charge in [0.25, 0.3) is 0 Å². The van der Waals surface area contributed by atoms with Gasteiger partial charge in [0.15, 0.2) is 0 Å². The third-order valence-electron chi connectivity index (χ3n) is 3.98. The van der Waals surface area contributed by atoms with Crippen molar-refractivity contribution in [3.63, 3.8) is 0 Å². The van der Waals surface area contributed by atoms with Crippen LogP contribution in [0.15, 0.2) is 24.4 Å². The lowest BCUT2D eigenvalue weighted by atomic mass is 9.98. The highest BCUT2D eigenvalue weighted by atomic mass is 16.3. The molecule has 0 aliphatic heterocycles. The first-order valence-electron chi connectivity index (χ1n) is 7.44. The second kappa shape index (κ2) is 4.95. The molecule has 0 radical (unpaired) electrons. The van der Waals surface area contributed by atoms with Crippen molar-refractivity contribution in [1.82, 2.24) is 9.55 Å². The second-order valence-electron chi connectivity index (χ2n) is 5.83. The Morgan fingerprint density at radius 3 is 2.76 bits per heavy atom. The number of para-hydroxylation sites is 1. The molecule has 0 atom stereocenters. The van der Waals surface area contributed by atoms with Crippen LogP contribution in [-0.2, 0) is 6.54 Å². The fourth-order valence-electron chi connectivity index (χ4n) is 2.91. The molecule has 0 aliphatic carbocycles. The van der Waals surface area contributed by atoms with E-state index in [1.165, 1.54) is 5.56 Å². The zero-order chi connectivity index (χ0) is 15.1. The molecule has 0 spiro atoms. The van der Waals surface area contributed by atoms with Crippen LogP contribution in [0.25, 0.3) is 21.8 Å². The summed E-state index contributed by atoms with van der Waals surface area (Å²) in [6, 6.07) is 6.06. The van der Waals surface area contributed by atoms with Crippen LogP contribution < -0.4 is 5.73 Å². The molecule has 21 heavy (non-hydrogen) atoms. The van der Waals surface area contributed by atoms with Crippen LogP contribution in [0.2, 0.25) is 0 Å². The van der Waals surface area contributed by atoms with E-state index in [1.54, 1.807) is 0 Å². The molecule has 2 heterocycles. The number of aromatic hydroxyl groups is 1. The average molecular weight is 283 g/mol. The lowest BCUT2D eigenvalue weighted by molar-refractivity contribution is 0.421. The van der Waals surface area contributed by atoms with E-state index in [9.17, 15) is 5.11 Å². The van der Waals surface area contributed by atoms with Crippen LogP contribution in [0.1, 0.15) is 38.7 Å². The Kier molecular flexibility index (Phi) is 3.24. The number of aromatic nitrogens is 2. The summed E-state index contributed by atoms with van der Waals surface area (Å²) < 4.78 is 1.82. The van der Waals surface area contributed by atoms with E-state index in [1.807, 2.05) is 22.9 Å². The highest BCUT2D eigenvalue weighted by Crippen LogP contribution is 2.37. The monoisotopic (exact) mass is 283 g/mol. The Morgan fingerprint density at radius 1 is 1.33 bits per heavy atom. The van der Waals surface area contributed by atoms with E-state index in [-0.39, 0.29) is 5.88 Å². The summed E-state index contributed by atoms with van der Waals surface area (Å²) >= 11 is 0. The summed E-state index contributed by atoms with van der Waals surface area (Å²) in [5.41, 5.74) is 9.82. The van der Waals surface area contributed by atoms with Gasteiger partial charge in [0.2, 0.25) is 5.88 Å². The lowest BCUT2D eigenvalue weighted by Gasteiger charge is -2.11. The van der Waals surface area contributed by atoms with Gasteiger partial charge >= 0.3 is 0 Å². The third-order valence-corrected chi connectivity index (χ3v) is 3.98. The van der Waals surface area contributed by atoms with Crippen molar-refractivity contribution < 1.29 is 5.11 Å². The fourth-order valence-corrected chi connectivity index (χ4v) is 2.91. The van der Waals surface area contributed by atoms with Crippen LogP contribution >= 0.6 is 0 Å². The number of pyridine rings is 1. The highest BCUT2D eigenvalue weighted by molar-refractivity contribution is 6.09. The molecule has 1 aromatic carbocycles. The summed E-state index contributed by atoms with van der Waals surface area (Å²) in [5.74, 6) is 0.595. The summed E-state index contributed by atoms with van der Waals surface area (Å²) in [5, 5.41) is 12.0. The maximum Gasteiger partial charge on any atom is 0.202 e. The summed E-state index contributed by atoms with van der Waals surface area (Å²) in [7, 11) is 0. The number of rotatable bonds is 3. The van der Waals surface area contributed by atoms with Crippen molar-refractivity contribution in [2.75, 3.05) is 5.73 Å². The largest absolute Gasteiger partial charge is 0.494 e. The zero-order valence-electron chi connectivity index (χ0n) is 12.7. The molecule has 0 unspecified atom stereocenters. The zero-order valence-corrected chi connectivity index (χ0v) is 12.7. The Hall–Kier alpha value is -2.23. The van der Waals surface area contributed by atoms with Crippen molar-refractivity contribution >= 4 is 27.5 Å². The van der Waals surface area contributed by atoms with Crippen molar-refractivity contribution in [2.24, 2.45) is 0 Å². The molecule has 4 nitrogen and oxygen atoms in total. The minimum Gasteiger partial charge on any atom is -0.494 e. The minimum absolute atomic E-state index is 0.216. The molecule has 0 saturated carbocycles. The molecule has 3 rings (SSSR count). The maximum atomic E-state index is 10.4. The van der Waals surface area contributed by atoms with Crippen LogP contribution in [0.4, 0.5) is 5.69 Å². The summed E-state index contributed by atoms with van der Waals surface area (Å²) in [4.78, 5) is 4.76. The fraction of sp³-hybridized carbons (Fsp3) is 0.353. The minimum atomic E-state index is 0.216. The number of anilines is 1. The average Bonchev–Trinajstić information content (AvgIpc) is 2.75. The van der Waals surface area contributed by atoms with Crippen LogP contribution in [0.5, 0.6) is 5.88 Å². The van der Waals surface area contributed by atoms with Crippen LogP contribution in [0, 0.1) is 0 Å². The van der Waals surface area contributed by atoms with Gasteiger partial charge < -0.3 is 15.4 Å². The topological polar surface area (TPSA) is 64.1 Å². The van der Waals surface area contributed by atoms with Crippen LogP contribution in [0.3, 0.4) is 0 Å². The molecule has 3 aromatic rings. The first-order chi connectivity index (χ1) is 10.0. The number of nitrogen functional groups attached to an aromatic ring is 1. The van der Waals surface area contributed by atoms with Gasteiger partial charge in [-0.3, -0.25) is 0 Å². The highest BCUT2D eigenvalue weighted by Gasteiger charge is 2.17. The van der Waals surface area contributed by atoms with E-state index < -0.39 is 0 Å². The normalized spacial score (nSPS) is 11.8. The van der Waals surface area contributed by atoms with Gasteiger partial charge in [-0.2, -0.15) is 0 Å². The molecule has 0 bridgehead atoms. The number of nitrogens with two attached hydrogens (primary N) is 1. The van der Waals surface area contributed by atoms with Crippen molar-refractivity contribution in [1.29, 1.82) is 0 Å². The first kappa shape index (κ1) is 13.7. The smallest absolute Gasteiger partial charge is 0.202 e. The summed E-state index contributed by atoms with van der Waals surface area (Å²) in [6.45, 7) is 7.14. The van der Waals surface area contributed by atoms with Gasteiger partial charge in [0, 0.05) is 18.1 Å². The van der Waals surface area contributed by atoms with E-state index >= 15 is 0 Å². The van der Waals surface area contributed by atoms with E-state index in [2.05, 4.69) is 26.8 Å². The Morgan fingerprint density at radius 2 is 2.10 bits per heavy atom. The number of hydrogen-bond donors (Lipinski definition) is 2. The standard InChI is InChI=1S/C17H21N3O/c1-4-8-20-9-13-14(17(20)21)15(18)12-7-5-6-11(10(2)3)16(12)19-13/h5-7,9-10,21H,4,8,18H2,1-3H3. The molecule has 0 aliphatic rings. The number of fused-ring (bicyclic) bond motifs is 2. The van der Waals surface area contributed by atoms with Gasteiger partial charge in [-0.15, -0.1) is 0 Å². The second-order valence-corrected chi connectivity index (χ2v) is 5.83. The number of nitrogens with zero attached hydrogens (tertiary/aromatic N) is 2. The SMILES string of the molecule is CCCn1cc2nc3c(C(C)C)cccc3c(N)c2c1O. The molecular formula is C17H21N3O. The Bertz CT molecular complexity index is 818. The van der Waals surface area contributed by atoms with E-state index in [0.717, 1.165) is 29.4 Å². The number of aryl methyl sites for hydroxylation is 1. The maximum absolute atomic E-state index is 10.4. The van der Waals surface area contributed by atoms with Gasteiger partial charge in [-0.25, -0.2) is 4.98 Å². The third kappa shape index (κ3) is 2.02. The molecular weight excluding hydrogens is 262 g/mol. The van der Waals surface area contributed by atoms with Crippen molar-refractivity contribution in [3.05, 3.63) is 30.0 Å². The van der Waals surface area contributed by atoms with Crippen molar-refractivity contribution in [3.8, 4) is 5.88 Å². The van der Waals surface area contributed by atoms with Gasteiger partial charge in [-0.1, -0.05) is 39.0 Å².